The normalized spacial score (nSPS) is 22.0. The Morgan fingerprint density at radius 2 is 1.73 bits per heavy atom. The summed E-state index contributed by atoms with van der Waals surface area (Å²) in [6, 6.07) is 4.34. The molecule has 30 heavy (non-hydrogen) atoms. The Morgan fingerprint density at radius 1 is 1.03 bits per heavy atom. The van der Waals surface area contributed by atoms with Crippen LogP contribution in [0.3, 0.4) is 0 Å². The lowest BCUT2D eigenvalue weighted by Gasteiger charge is -2.35. The molecular formula is C23H42N6O. The maximum Gasteiger partial charge on any atom is 0.191 e. The topological polar surface area (TPSA) is 59.3 Å². The summed E-state index contributed by atoms with van der Waals surface area (Å²) in [5, 5.41) is 7.08. The van der Waals surface area contributed by atoms with Crippen LogP contribution in [0, 0.1) is 5.92 Å². The molecule has 2 saturated heterocycles. The van der Waals surface area contributed by atoms with Crippen molar-refractivity contribution in [2.45, 2.75) is 39.2 Å². The van der Waals surface area contributed by atoms with Gasteiger partial charge in [0.1, 0.15) is 5.76 Å². The van der Waals surface area contributed by atoms with E-state index in [0.29, 0.717) is 5.92 Å². The van der Waals surface area contributed by atoms with Gasteiger partial charge in [-0.25, -0.2) is 0 Å². The minimum atomic E-state index is 0.256. The number of guanidine groups is 1. The Balaban J connectivity index is 1.43. The minimum Gasteiger partial charge on any atom is -0.468 e. The average molecular weight is 419 g/mol. The first-order valence-electron chi connectivity index (χ1n) is 11.9. The zero-order valence-corrected chi connectivity index (χ0v) is 19.3. The summed E-state index contributed by atoms with van der Waals surface area (Å²) < 4.78 is 5.76. The molecule has 0 spiro atoms. The Kier molecular flexibility index (Phi) is 9.49. The van der Waals surface area contributed by atoms with Gasteiger partial charge in [0.15, 0.2) is 5.96 Å². The summed E-state index contributed by atoms with van der Waals surface area (Å²) in [6.07, 6.45) is 5.66. The van der Waals surface area contributed by atoms with Crippen LogP contribution in [0.15, 0.2) is 27.8 Å². The van der Waals surface area contributed by atoms with E-state index in [9.17, 15) is 0 Å². The Bertz CT molecular complexity index is 605. The van der Waals surface area contributed by atoms with Gasteiger partial charge in [0.25, 0.3) is 0 Å². The first-order valence-corrected chi connectivity index (χ1v) is 11.9. The molecule has 0 bridgehead atoms. The van der Waals surface area contributed by atoms with E-state index in [0.717, 1.165) is 44.4 Å². The quantitative estimate of drug-likeness (QED) is 0.474. The lowest BCUT2D eigenvalue weighted by Crippen LogP contribution is -2.49. The molecule has 2 unspecified atom stereocenters. The summed E-state index contributed by atoms with van der Waals surface area (Å²) in [5.41, 5.74) is 0. The third kappa shape index (κ3) is 7.00. The number of likely N-dealkylation sites (tertiary alicyclic amines) is 1. The maximum atomic E-state index is 5.76. The van der Waals surface area contributed by atoms with Gasteiger partial charge in [0.2, 0.25) is 0 Å². The minimum absolute atomic E-state index is 0.256. The second-order valence-corrected chi connectivity index (χ2v) is 8.80. The van der Waals surface area contributed by atoms with Crippen LogP contribution in [0.5, 0.6) is 0 Å². The van der Waals surface area contributed by atoms with E-state index < -0.39 is 0 Å². The van der Waals surface area contributed by atoms with Gasteiger partial charge in [-0.15, -0.1) is 0 Å². The number of hydrogen-bond acceptors (Lipinski definition) is 5. The zero-order valence-electron chi connectivity index (χ0n) is 19.3. The number of piperazine rings is 1. The molecule has 3 rings (SSSR count). The van der Waals surface area contributed by atoms with Crippen LogP contribution in [0.1, 0.15) is 44.9 Å². The van der Waals surface area contributed by atoms with Gasteiger partial charge in [0, 0.05) is 52.9 Å². The molecule has 0 saturated carbocycles. The van der Waals surface area contributed by atoms with Crippen molar-refractivity contribution in [3.63, 3.8) is 0 Å². The molecule has 2 aliphatic rings. The number of likely N-dealkylation sites (N-methyl/N-ethyl adjacent to an activating group) is 1. The monoisotopic (exact) mass is 418 g/mol. The lowest BCUT2D eigenvalue weighted by molar-refractivity contribution is 0.124. The predicted molar refractivity (Wildman–Crippen MR) is 124 cm³/mol. The van der Waals surface area contributed by atoms with E-state index in [4.69, 9.17) is 4.42 Å². The van der Waals surface area contributed by atoms with E-state index in [1.54, 1.807) is 6.26 Å². The van der Waals surface area contributed by atoms with Crippen LogP contribution in [0.4, 0.5) is 0 Å². The van der Waals surface area contributed by atoms with Crippen LogP contribution in [-0.4, -0.2) is 93.2 Å². The van der Waals surface area contributed by atoms with E-state index in [1.807, 2.05) is 13.1 Å². The zero-order chi connectivity index (χ0) is 21.2. The molecule has 1 aromatic heterocycles. The third-order valence-electron chi connectivity index (χ3n) is 6.49. The molecule has 0 aromatic carbocycles. The largest absolute Gasteiger partial charge is 0.468 e. The molecule has 2 aliphatic heterocycles. The highest BCUT2D eigenvalue weighted by Crippen LogP contribution is 2.24. The highest BCUT2D eigenvalue weighted by atomic mass is 16.3. The van der Waals surface area contributed by atoms with Crippen molar-refractivity contribution in [2.24, 2.45) is 10.9 Å². The fourth-order valence-corrected chi connectivity index (χ4v) is 4.60. The van der Waals surface area contributed by atoms with Crippen molar-refractivity contribution in [3.05, 3.63) is 24.2 Å². The Morgan fingerprint density at radius 3 is 2.37 bits per heavy atom. The average Bonchev–Trinajstić information content (AvgIpc) is 3.32. The molecule has 0 aliphatic carbocycles. The lowest BCUT2D eigenvalue weighted by atomic mass is 10.1. The second kappa shape index (κ2) is 12.3. The van der Waals surface area contributed by atoms with Gasteiger partial charge in [-0.2, -0.15) is 0 Å². The number of hydrogen-bond donors (Lipinski definition) is 2. The summed E-state index contributed by atoms with van der Waals surface area (Å²) in [4.78, 5) is 12.1. The number of furan rings is 1. The fourth-order valence-electron chi connectivity index (χ4n) is 4.60. The van der Waals surface area contributed by atoms with E-state index in [1.165, 1.54) is 52.0 Å². The summed E-state index contributed by atoms with van der Waals surface area (Å²) >= 11 is 0. The SMILES string of the molecule is CCN1CCN(CC(C)CNC(=NC)NCC(c2ccco2)N2CCCCC2)CC1. The number of aliphatic imine (C=N–C) groups is 1. The Labute approximate surface area is 182 Å². The number of nitrogens with one attached hydrogen (secondary N) is 2. The van der Waals surface area contributed by atoms with Crippen LogP contribution in [-0.2, 0) is 0 Å². The summed E-state index contributed by atoms with van der Waals surface area (Å²) in [5.74, 6) is 2.50. The van der Waals surface area contributed by atoms with Crippen LogP contribution in [0.2, 0.25) is 0 Å². The smallest absolute Gasteiger partial charge is 0.191 e. The first-order chi connectivity index (χ1) is 14.7. The summed E-state index contributed by atoms with van der Waals surface area (Å²) in [7, 11) is 1.85. The molecule has 7 nitrogen and oxygen atoms in total. The molecule has 0 radical (unpaired) electrons. The maximum absolute atomic E-state index is 5.76. The Hall–Kier alpha value is -1.57. The van der Waals surface area contributed by atoms with Crippen molar-refractivity contribution < 1.29 is 4.42 Å². The van der Waals surface area contributed by atoms with Crippen molar-refractivity contribution in [3.8, 4) is 0 Å². The predicted octanol–water partition coefficient (Wildman–Crippen LogP) is 2.25. The molecule has 7 heteroatoms. The van der Waals surface area contributed by atoms with E-state index in [2.05, 4.69) is 50.2 Å². The first kappa shape index (κ1) is 23.1. The van der Waals surface area contributed by atoms with Gasteiger partial charge >= 0.3 is 0 Å². The van der Waals surface area contributed by atoms with Crippen LogP contribution >= 0.6 is 0 Å². The fraction of sp³-hybridized carbons (Fsp3) is 0.783. The molecule has 1 aromatic rings. The van der Waals surface area contributed by atoms with Gasteiger partial charge in [-0.3, -0.25) is 9.89 Å². The van der Waals surface area contributed by atoms with Crippen molar-refractivity contribution in [2.75, 3.05) is 72.5 Å². The molecule has 3 heterocycles. The van der Waals surface area contributed by atoms with Crippen LogP contribution in [0.25, 0.3) is 0 Å². The molecular weight excluding hydrogens is 376 g/mol. The molecule has 2 atom stereocenters. The highest BCUT2D eigenvalue weighted by molar-refractivity contribution is 5.79. The molecule has 2 N–H and O–H groups in total. The van der Waals surface area contributed by atoms with Crippen molar-refractivity contribution >= 4 is 5.96 Å². The van der Waals surface area contributed by atoms with Crippen LogP contribution < -0.4 is 10.6 Å². The van der Waals surface area contributed by atoms with Gasteiger partial charge in [-0.05, 0) is 50.5 Å². The number of rotatable bonds is 9. The number of nitrogens with zero attached hydrogens (tertiary/aromatic N) is 4. The molecule has 170 valence electrons. The molecule has 0 amide bonds. The van der Waals surface area contributed by atoms with E-state index in [-0.39, 0.29) is 6.04 Å². The standard InChI is InChI=1S/C23H42N6O/c1-4-27-12-14-28(15-13-27)19-20(2)17-25-23(24-3)26-18-21(22-9-8-16-30-22)29-10-6-5-7-11-29/h8-9,16,20-21H,4-7,10-15,17-19H2,1-3H3,(H2,24,25,26). The van der Waals surface area contributed by atoms with Crippen molar-refractivity contribution in [1.82, 2.24) is 25.3 Å². The van der Waals surface area contributed by atoms with Gasteiger partial charge < -0.3 is 24.9 Å². The highest BCUT2D eigenvalue weighted by Gasteiger charge is 2.24. The molecule has 2 fully saturated rings. The van der Waals surface area contributed by atoms with Crippen molar-refractivity contribution in [1.29, 1.82) is 0 Å². The second-order valence-electron chi connectivity index (χ2n) is 8.80. The third-order valence-corrected chi connectivity index (χ3v) is 6.49. The van der Waals surface area contributed by atoms with Gasteiger partial charge in [-0.1, -0.05) is 20.3 Å². The van der Waals surface area contributed by atoms with E-state index >= 15 is 0 Å². The van der Waals surface area contributed by atoms with Gasteiger partial charge in [0.05, 0.1) is 12.3 Å². The number of piperidine rings is 1. The summed E-state index contributed by atoms with van der Waals surface area (Å²) in [6.45, 7) is 15.7.